The molecule has 0 fully saturated rings. The van der Waals surface area contributed by atoms with Crippen molar-refractivity contribution in [2.45, 2.75) is 6.92 Å². The average Bonchev–Trinajstić information content (AvgIpc) is 2.46. The second-order valence-corrected chi connectivity index (χ2v) is 4.13. The summed E-state index contributed by atoms with van der Waals surface area (Å²) in [6.45, 7) is 1.60. The van der Waals surface area contributed by atoms with E-state index in [9.17, 15) is 4.79 Å². The summed E-state index contributed by atoms with van der Waals surface area (Å²) in [5.41, 5.74) is 2.61. The van der Waals surface area contributed by atoms with Gasteiger partial charge in [-0.3, -0.25) is 9.78 Å². The molecule has 0 aliphatic carbocycles. The molecule has 0 saturated carbocycles. The number of pyridine rings is 1. The summed E-state index contributed by atoms with van der Waals surface area (Å²) in [6.07, 6.45) is 1.65. The monoisotopic (exact) mass is 266 g/mol. The first kappa shape index (κ1) is 13.8. The second kappa shape index (κ2) is 6.50. The lowest BCUT2D eigenvalue weighted by Crippen LogP contribution is -2.13. The van der Waals surface area contributed by atoms with Crippen LogP contribution in [0.5, 0.6) is 0 Å². The Balaban J connectivity index is 2.18. The molecule has 0 aliphatic rings. The standard InChI is InChI=1S/C16H14N2O2/c1-12-15(8-3-9-17-12)16(20)18-14-7-2-5-13(11-14)6-4-10-19/h2-3,5,7-9,11,19H,10H2,1H3,(H,18,20). The summed E-state index contributed by atoms with van der Waals surface area (Å²) >= 11 is 0. The Bertz CT molecular complexity index is 684. The van der Waals surface area contributed by atoms with Crippen molar-refractivity contribution in [1.82, 2.24) is 4.98 Å². The molecular formula is C16H14N2O2. The zero-order chi connectivity index (χ0) is 14.4. The quantitative estimate of drug-likeness (QED) is 0.817. The van der Waals surface area contributed by atoms with E-state index in [2.05, 4.69) is 22.1 Å². The molecule has 0 saturated heterocycles. The van der Waals surface area contributed by atoms with Crippen LogP contribution in [0.2, 0.25) is 0 Å². The van der Waals surface area contributed by atoms with Gasteiger partial charge in [0.2, 0.25) is 0 Å². The molecule has 1 aromatic heterocycles. The number of benzene rings is 1. The van der Waals surface area contributed by atoms with E-state index in [0.29, 0.717) is 16.9 Å². The van der Waals surface area contributed by atoms with Crippen molar-refractivity contribution in [1.29, 1.82) is 0 Å². The molecule has 0 spiro atoms. The van der Waals surface area contributed by atoms with Gasteiger partial charge in [0, 0.05) is 23.1 Å². The van der Waals surface area contributed by atoms with Gasteiger partial charge in [-0.2, -0.15) is 0 Å². The number of carbonyl (C=O) groups is 1. The zero-order valence-corrected chi connectivity index (χ0v) is 11.1. The number of anilines is 1. The highest BCUT2D eigenvalue weighted by molar-refractivity contribution is 6.05. The van der Waals surface area contributed by atoms with Crippen LogP contribution >= 0.6 is 0 Å². The number of hydrogen-bond acceptors (Lipinski definition) is 3. The number of hydrogen-bond donors (Lipinski definition) is 2. The van der Waals surface area contributed by atoms with Crippen molar-refractivity contribution in [3.63, 3.8) is 0 Å². The number of aryl methyl sites for hydroxylation is 1. The van der Waals surface area contributed by atoms with Crippen LogP contribution in [0.4, 0.5) is 5.69 Å². The predicted octanol–water partition coefficient (Wildman–Crippen LogP) is 1.99. The third-order valence-electron chi connectivity index (χ3n) is 2.68. The van der Waals surface area contributed by atoms with Crippen molar-refractivity contribution in [3.8, 4) is 11.8 Å². The van der Waals surface area contributed by atoms with Crippen LogP contribution in [0.1, 0.15) is 21.6 Å². The van der Waals surface area contributed by atoms with Crippen molar-refractivity contribution in [3.05, 3.63) is 59.4 Å². The SMILES string of the molecule is Cc1ncccc1C(=O)Nc1cccc(C#CCO)c1. The van der Waals surface area contributed by atoms with Gasteiger partial charge in [0.1, 0.15) is 6.61 Å². The maximum Gasteiger partial charge on any atom is 0.257 e. The maximum atomic E-state index is 12.1. The summed E-state index contributed by atoms with van der Waals surface area (Å²) in [4.78, 5) is 16.2. The van der Waals surface area contributed by atoms with E-state index in [1.54, 1.807) is 43.5 Å². The maximum absolute atomic E-state index is 12.1. The molecule has 1 aromatic carbocycles. The van der Waals surface area contributed by atoms with Crippen molar-refractivity contribution in [2.24, 2.45) is 0 Å². The second-order valence-electron chi connectivity index (χ2n) is 4.13. The highest BCUT2D eigenvalue weighted by Crippen LogP contribution is 2.12. The first-order valence-electron chi connectivity index (χ1n) is 6.13. The Kier molecular flexibility index (Phi) is 4.48. The van der Waals surface area contributed by atoms with Gasteiger partial charge in [-0.25, -0.2) is 0 Å². The van der Waals surface area contributed by atoms with E-state index in [4.69, 9.17) is 5.11 Å². The van der Waals surface area contributed by atoms with Crippen LogP contribution in [0.25, 0.3) is 0 Å². The van der Waals surface area contributed by atoms with E-state index >= 15 is 0 Å². The van der Waals surface area contributed by atoms with Crippen LogP contribution in [0.15, 0.2) is 42.6 Å². The molecule has 2 rings (SSSR count). The number of rotatable bonds is 2. The Hall–Kier alpha value is -2.64. The summed E-state index contributed by atoms with van der Waals surface area (Å²) in [7, 11) is 0. The van der Waals surface area contributed by atoms with Gasteiger partial charge < -0.3 is 10.4 Å². The molecule has 20 heavy (non-hydrogen) atoms. The molecule has 0 aliphatic heterocycles. The molecule has 2 N–H and O–H groups in total. The van der Waals surface area contributed by atoms with E-state index in [-0.39, 0.29) is 12.5 Å². The number of aliphatic hydroxyl groups excluding tert-OH is 1. The van der Waals surface area contributed by atoms with Gasteiger partial charge >= 0.3 is 0 Å². The highest BCUT2D eigenvalue weighted by atomic mass is 16.2. The van der Waals surface area contributed by atoms with E-state index < -0.39 is 0 Å². The summed E-state index contributed by atoms with van der Waals surface area (Å²) < 4.78 is 0. The number of nitrogens with zero attached hydrogens (tertiary/aromatic N) is 1. The number of carbonyl (C=O) groups excluding carboxylic acids is 1. The lowest BCUT2D eigenvalue weighted by Gasteiger charge is -2.07. The minimum Gasteiger partial charge on any atom is -0.384 e. The van der Waals surface area contributed by atoms with Crippen LogP contribution in [-0.4, -0.2) is 22.6 Å². The highest BCUT2D eigenvalue weighted by Gasteiger charge is 2.09. The molecule has 0 unspecified atom stereocenters. The first-order chi connectivity index (χ1) is 9.70. The number of amides is 1. The normalized spacial score (nSPS) is 9.50. The lowest BCUT2D eigenvalue weighted by molar-refractivity contribution is 0.102. The third kappa shape index (κ3) is 3.44. The number of aromatic nitrogens is 1. The molecule has 100 valence electrons. The minimum atomic E-state index is -0.206. The molecule has 0 bridgehead atoms. The van der Waals surface area contributed by atoms with Crippen LogP contribution in [0.3, 0.4) is 0 Å². The Morgan fingerprint density at radius 2 is 2.20 bits per heavy atom. The summed E-state index contributed by atoms with van der Waals surface area (Å²) in [6, 6.07) is 10.6. The smallest absolute Gasteiger partial charge is 0.257 e. The zero-order valence-electron chi connectivity index (χ0n) is 11.1. The van der Waals surface area contributed by atoms with Gasteiger partial charge in [0.25, 0.3) is 5.91 Å². The Morgan fingerprint density at radius 3 is 2.95 bits per heavy atom. The first-order valence-corrected chi connectivity index (χ1v) is 6.13. The average molecular weight is 266 g/mol. The summed E-state index contributed by atoms with van der Waals surface area (Å²) in [5.74, 6) is 5.16. The Labute approximate surface area is 117 Å². The minimum absolute atomic E-state index is 0.189. The number of nitrogens with one attached hydrogen (secondary N) is 1. The van der Waals surface area contributed by atoms with Crippen molar-refractivity contribution < 1.29 is 9.90 Å². The fourth-order valence-corrected chi connectivity index (χ4v) is 1.74. The fourth-order valence-electron chi connectivity index (χ4n) is 1.74. The molecule has 1 heterocycles. The summed E-state index contributed by atoms with van der Waals surface area (Å²) in [5, 5.41) is 11.5. The van der Waals surface area contributed by atoms with Crippen molar-refractivity contribution >= 4 is 11.6 Å². The van der Waals surface area contributed by atoms with Crippen LogP contribution < -0.4 is 5.32 Å². The largest absolute Gasteiger partial charge is 0.384 e. The fraction of sp³-hybridized carbons (Fsp3) is 0.125. The molecule has 4 heteroatoms. The molecule has 2 aromatic rings. The van der Waals surface area contributed by atoms with Gasteiger partial charge in [0.05, 0.1) is 5.56 Å². The van der Waals surface area contributed by atoms with E-state index in [1.165, 1.54) is 0 Å². The van der Waals surface area contributed by atoms with Crippen LogP contribution in [-0.2, 0) is 0 Å². The van der Waals surface area contributed by atoms with Gasteiger partial charge in [-0.15, -0.1) is 0 Å². The van der Waals surface area contributed by atoms with Crippen LogP contribution in [0, 0.1) is 18.8 Å². The van der Waals surface area contributed by atoms with Gasteiger partial charge in [-0.1, -0.05) is 17.9 Å². The molecule has 0 atom stereocenters. The molecule has 4 nitrogen and oxygen atoms in total. The van der Waals surface area contributed by atoms with Gasteiger partial charge in [0.15, 0.2) is 0 Å². The van der Waals surface area contributed by atoms with E-state index in [1.807, 2.05) is 6.07 Å². The topological polar surface area (TPSA) is 62.2 Å². The lowest BCUT2D eigenvalue weighted by atomic mass is 10.1. The van der Waals surface area contributed by atoms with Gasteiger partial charge in [-0.05, 0) is 37.3 Å². The number of aliphatic hydroxyl groups is 1. The molecule has 0 radical (unpaired) electrons. The third-order valence-corrected chi connectivity index (χ3v) is 2.68. The molecular weight excluding hydrogens is 252 g/mol. The predicted molar refractivity (Wildman–Crippen MR) is 77.3 cm³/mol. The van der Waals surface area contributed by atoms with Crippen molar-refractivity contribution in [2.75, 3.05) is 11.9 Å². The Morgan fingerprint density at radius 1 is 1.35 bits per heavy atom. The van der Waals surface area contributed by atoms with E-state index in [0.717, 1.165) is 5.56 Å². The molecule has 1 amide bonds.